The first-order chi connectivity index (χ1) is 10.7. The zero-order valence-corrected chi connectivity index (χ0v) is 13.7. The normalized spacial score (nSPS) is 24.1. The third kappa shape index (κ3) is 3.41. The Balaban J connectivity index is 1.74. The largest absolute Gasteiger partial charge is 0.493 e. The van der Waals surface area contributed by atoms with Crippen LogP contribution in [0.15, 0.2) is 18.2 Å². The molecule has 5 heteroatoms. The van der Waals surface area contributed by atoms with Crippen molar-refractivity contribution in [1.82, 2.24) is 5.32 Å². The van der Waals surface area contributed by atoms with Gasteiger partial charge in [0.2, 0.25) is 5.91 Å². The fourth-order valence-corrected chi connectivity index (χ4v) is 3.66. The van der Waals surface area contributed by atoms with Gasteiger partial charge < -0.3 is 15.2 Å². The van der Waals surface area contributed by atoms with E-state index in [0.29, 0.717) is 11.7 Å². The second kappa shape index (κ2) is 6.92. The monoisotopic (exact) mass is 321 g/mol. The molecule has 0 radical (unpaired) electrons. The molecular formula is C17H23NO3S. The van der Waals surface area contributed by atoms with E-state index in [4.69, 9.17) is 4.74 Å². The second-order valence-electron chi connectivity index (χ2n) is 6.03. The highest BCUT2D eigenvalue weighted by Crippen LogP contribution is 2.39. The van der Waals surface area contributed by atoms with E-state index in [1.54, 1.807) is 11.8 Å². The molecule has 1 amide bonds. The summed E-state index contributed by atoms with van der Waals surface area (Å²) in [6.07, 6.45) is 2.24. The molecule has 22 heavy (non-hydrogen) atoms. The topological polar surface area (TPSA) is 58.6 Å². The summed E-state index contributed by atoms with van der Waals surface area (Å²) in [6.45, 7) is 2.79. The molecule has 0 unspecified atom stereocenters. The van der Waals surface area contributed by atoms with Gasteiger partial charge in [-0.25, -0.2) is 0 Å². The van der Waals surface area contributed by atoms with Gasteiger partial charge in [0, 0.05) is 6.42 Å². The predicted octanol–water partition coefficient (Wildman–Crippen LogP) is 2.30. The van der Waals surface area contributed by atoms with E-state index >= 15 is 0 Å². The van der Waals surface area contributed by atoms with Crippen LogP contribution in [0, 0.1) is 5.92 Å². The van der Waals surface area contributed by atoms with Crippen LogP contribution in [0.25, 0.3) is 0 Å². The lowest BCUT2D eigenvalue weighted by molar-refractivity contribution is -0.120. The minimum atomic E-state index is -0.216. The van der Waals surface area contributed by atoms with Crippen molar-refractivity contribution in [2.24, 2.45) is 5.92 Å². The highest BCUT2D eigenvalue weighted by atomic mass is 32.2. The molecule has 0 bridgehead atoms. The molecule has 2 aliphatic rings. The SMILES string of the molecule is CCSCC(=O)N[C@@H](c1ccc2c(c1)CCO2)C1CC(O)C1. The first kappa shape index (κ1) is 15.7. The third-order valence-corrected chi connectivity index (χ3v) is 5.32. The summed E-state index contributed by atoms with van der Waals surface area (Å²) < 4.78 is 5.55. The third-order valence-electron chi connectivity index (χ3n) is 4.45. The van der Waals surface area contributed by atoms with Gasteiger partial charge in [-0.1, -0.05) is 13.0 Å². The number of nitrogens with one attached hydrogen (secondary N) is 1. The van der Waals surface area contributed by atoms with Gasteiger partial charge in [0.25, 0.3) is 0 Å². The van der Waals surface area contributed by atoms with E-state index < -0.39 is 0 Å². The molecule has 1 aromatic carbocycles. The molecular weight excluding hydrogens is 298 g/mol. The Bertz CT molecular complexity index is 543. The molecule has 1 fully saturated rings. The number of aliphatic hydroxyl groups is 1. The maximum absolute atomic E-state index is 12.1. The number of hydrogen-bond donors (Lipinski definition) is 2. The fourth-order valence-electron chi connectivity index (χ4n) is 3.19. The van der Waals surface area contributed by atoms with Gasteiger partial charge in [0.05, 0.1) is 24.5 Å². The Hall–Kier alpha value is -1.20. The summed E-state index contributed by atoms with van der Waals surface area (Å²) in [4.78, 5) is 12.1. The van der Waals surface area contributed by atoms with E-state index in [1.807, 2.05) is 12.1 Å². The van der Waals surface area contributed by atoms with E-state index in [0.717, 1.165) is 42.9 Å². The molecule has 4 nitrogen and oxygen atoms in total. The quantitative estimate of drug-likeness (QED) is 0.844. The van der Waals surface area contributed by atoms with Gasteiger partial charge in [-0.2, -0.15) is 11.8 Å². The molecule has 1 atom stereocenters. The Morgan fingerprint density at radius 2 is 2.32 bits per heavy atom. The average molecular weight is 321 g/mol. The number of thioether (sulfide) groups is 1. The van der Waals surface area contributed by atoms with Gasteiger partial charge in [-0.15, -0.1) is 0 Å². The van der Waals surface area contributed by atoms with E-state index in [9.17, 15) is 9.90 Å². The van der Waals surface area contributed by atoms with Crippen LogP contribution in [-0.2, 0) is 11.2 Å². The Kier molecular flexibility index (Phi) is 4.93. The molecule has 0 aromatic heterocycles. The molecule has 0 spiro atoms. The van der Waals surface area contributed by atoms with Crippen molar-refractivity contribution < 1.29 is 14.6 Å². The Morgan fingerprint density at radius 3 is 3.05 bits per heavy atom. The second-order valence-corrected chi connectivity index (χ2v) is 7.31. The molecule has 1 heterocycles. The van der Waals surface area contributed by atoms with Gasteiger partial charge in [-0.3, -0.25) is 4.79 Å². The Morgan fingerprint density at radius 1 is 1.50 bits per heavy atom. The van der Waals surface area contributed by atoms with Crippen LogP contribution in [0.4, 0.5) is 0 Å². The number of ether oxygens (including phenoxy) is 1. The molecule has 3 rings (SSSR count). The van der Waals surface area contributed by atoms with Crippen molar-refractivity contribution in [3.63, 3.8) is 0 Å². The van der Waals surface area contributed by atoms with E-state index in [2.05, 4.69) is 18.3 Å². The van der Waals surface area contributed by atoms with Crippen molar-refractivity contribution in [1.29, 1.82) is 0 Å². The maximum atomic E-state index is 12.1. The molecule has 1 saturated carbocycles. The van der Waals surface area contributed by atoms with Crippen LogP contribution in [0.3, 0.4) is 0 Å². The number of benzene rings is 1. The number of carbonyl (C=O) groups excluding carboxylic acids is 1. The van der Waals surface area contributed by atoms with Crippen LogP contribution >= 0.6 is 11.8 Å². The van der Waals surface area contributed by atoms with Gasteiger partial charge in [-0.05, 0) is 47.8 Å². The first-order valence-corrected chi connectivity index (χ1v) is 9.13. The average Bonchev–Trinajstić information content (AvgIpc) is 2.95. The zero-order valence-electron chi connectivity index (χ0n) is 12.9. The molecule has 2 N–H and O–H groups in total. The predicted molar refractivity (Wildman–Crippen MR) is 88.3 cm³/mol. The van der Waals surface area contributed by atoms with Crippen molar-refractivity contribution >= 4 is 17.7 Å². The smallest absolute Gasteiger partial charge is 0.230 e. The lowest BCUT2D eigenvalue weighted by atomic mass is 9.75. The van der Waals surface area contributed by atoms with E-state index in [1.165, 1.54) is 5.56 Å². The zero-order chi connectivity index (χ0) is 15.5. The standard InChI is InChI=1S/C17H23NO3S/c1-2-22-10-16(20)18-17(13-8-14(19)9-13)12-3-4-15-11(7-12)5-6-21-15/h3-4,7,13-14,17,19H,2,5-6,8-10H2,1H3,(H,18,20)/t13?,14?,17-/m0/s1. The summed E-state index contributed by atoms with van der Waals surface area (Å²) in [5, 5.41) is 12.8. The Labute approximate surface area is 135 Å². The van der Waals surface area contributed by atoms with E-state index in [-0.39, 0.29) is 18.1 Å². The van der Waals surface area contributed by atoms with Crippen LogP contribution < -0.4 is 10.1 Å². The number of rotatable bonds is 6. The van der Waals surface area contributed by atoms with Crippen molar-refractivity contribution in [3.8, 4) is 5.75 Å². The van der Waals surface area contributed by atoms with Gasteiger partial charge in [0.15, 0.2) is 0 Å². The number of fused-ring (bicyclic) bond motifs is 1. The number of carbonyl (C=O) groups is 1. The number of aliphatic hydroxyl groups excluding tert-OH is 1. The molecule has 1 aliphatic heterocycles. The molecule has 1 aliphatic carbocycles. The molecule has 0 saturated heterocycles. The van der Waals surface area contributed by atoms with Crippen LogP contribution in [0.2, 0.25) is 0 Å². The molecule has 120 valence electrons. The van der Waals surface area contributed by atoms with Crippen molar-refractivity contribution in [2.75, 3.05) is 18.1 Å². The summed E-state index contributed by atoms with van der Waals surface area (Å²) in [5.74, 6) is 2.80. The number of hydrogen-bond acceptors (Lipinski definition) is 4. The minimum absolute atomic E-state index is 0.000689. The lowest BCUT2D eigenvalue weighted by Gasteiger charge is -2.38. The van der Waals surface area contributed by atoms with Gasteiger partial charge >= 0.3 is 0 Å². The summed E-state index contributed by atoms with van der Waals surface area (Å²) >= 11 is 1.63. The lowest BCUT2D eigenvalue weighted by Crippen LogP contribution is -2.42. The van der Waals surface area contributed by atoms with Crippen LogP contribution in [0.5, 0.6) is 5.75 Å². The summed E-state index contributed by atoms with van der Waals surface area (Å²) in [6, 6.07) is 6.21. The van der Waals surface area contributed by atoms with Crippen molar-refractivity contribution in [3.05, 3.63) is 29.3 Å². The molecule has 1 aromatic rings. The van der Waals surface area contributed by atoms with Crippen molar-refractivity contribution in [2.45, 2.75) is 38.3 Å². The van der Waals surface area contributed by atoms with Gasteiger partial charge in [0.1, 0.15) is 5.75 Å². The van der Waals surface area contributed by atoms with Crippen LogP contribution in [-0.4, -0.2) is 35.2 Å². The highest BCUT2D eigenvalue weighted by molar-refractivity contribution is 7.99. The van der Waals surface area contributed by atoms with Crippen LogP contribution in [0.1, 0.15) is 36.9 Å². The summed E-state index contributed by atoms with van der Waals surface area (Å²) in [5.41, 5.74) is 2.36. The highest BCUT2D eigenvalue weighted by Gasteiger charge is 2.36. The minimum Gasteiger partial charge on any atom is -0.493 e. The first-order valence-electron chi connectivity index (χ1n) is 7.98. The summed E-state index contributed by atoms with van der Waals surface area (Å²) in [7, 11) is 0. The number of amides is 1. The fraction of sp³-hybridized carbons (Fsp3) is 0.588. The maximum Gasteiger partial charge on any atom is 0.230 e.